The van der Waals surface area contributed by atoms with Crippen molar-refractivity contribution in [1.82, 2.24) is 9.55 Å². The number of aromatic nitrogens is 2. The van der Waals surface area contributed by atoms with Gasteiger partial charge < -0.3 is 10.5 Å². The summed E-state index contributed by atoms with van der Waals surface area (Å²) in [5.41, 5.74) is 9.50. The number of hydrogen-bond acceptors (Lipinski definition) is 3. The fourth-order valence-electron chi connectivity index (χ4n) is 2.22. The Kier molecular flexibility index (Phi) is 3.66. The van der Waals surface area contributed by atoms with Gasteiger partial charge in [-0.25, -0.2) is 4.98 Å². The van der Waals surface area contributed by atoms with Crippen molar-refractivity contribution in [3.8, 4) is 22.7 Å². The van der Waals surface area contributed by atoms with Crippen molar-refractivity contribution in [2.75, 3.05) is 12.8 Å². The summed E-state index contributed by atoms with van der Waals surface area (Å²) in [4.78, 5) is 4.26. The number of methoxy groups -OCH3 is 1. The Balaban J connectivity index is 2.14. The van der Waals surface area contributed by atoms with Crippen LogP contribution in [0.15, 0.2) is 59.5 Å². The summed E-state index contributed by atoms with van der Waals surface area (Å²) in [6.45, 7) is 0. The van der Waals surface area contributed by atoms with E-state index in [0.717, 1.165) is 21.4 Å². The van der Waals surface area contributed by atoms with Gasteiger partial charge in [0.15, 0.2) is 0 Å². The molecule has 4 nitrogen and oxygen atoms in total. The molecule has 21 heavy (non-hydrogen) atoms. The van der Waals surface area contributed by atoms with E-state index in [1.165, 1.54) is 0 Å². The van der Waals surface area contributed by atoms with Crippen molar-refractivity contribution in [2.24, 2.45) is 0 Å². The van der Waals surface area contributed by atoms with Gasteiger partial charge in [0.2, 0.25) is 0 Å². The largest absolute Gasteiger partial charge is 0.495 e. The number of imidazole rings is 1. The van der Waals surface area contributed by atoms with Gasteiger partial charge in [-0.3, -0.25) is 4.57 Å². The number of nitrogen functional groups attached to an aromatic ring is 1. The first-order valence-electron chi connectivity index (χ1n) is 6.42. The molecular formula is C16H14BrN3O. The fraction of sp³-hybridized carbons (Fsp3) is 0.0625. The van der Waals surface area contributed by atoms with E-state index in [2.05, 4.69) is 20.9 Å². The maximum atomic E-state index is 5.87. The summed E-state index contributed by atoms with van der Waals surface area (Å²) in [6.07, 6.45) is 3.61. The van der Waals surface area contributed by atoms with Crippen molar-refractivity contribution >= 4 is 21.6 Å². The summed E-state index contributed by atoms with van der Waals surface area (Å²) in [6, 6.07) is 13.7. The van der Waals surface area contributed by atoms with Gasteiger partial charge in [-0.05, 0) is 18.2 Å². The van der Waals surface area contributed by atoms with Crippen LogP contribution in [0, 0.1) is 0 Å². The number of ether oxygens (including phenoxy) is 1. The van der Waals surface area contributed by atoms with Gasteiger partial charge in [-0.1, -0.05) is 34.1 Å². The predicted octanol–water partition coefficient (Wildman–Crippen LogP) is 3.89. The van der Waals surface area contributed by atoms with Crippen LogP contribution in [-0.2, 0) is 0 Å². The lowest BCUT2D eigenvalue weighted by Crippen LogP contribution is -1.98. The molecule has 2 N–H and O–H groups in total. The molecule has 0 radical (unpaired) electrons. The number of nitrogens with zero attached hydrogens (tertiary/aromatic N) is 2. The number of anilines is 1. The predicted molar refractivity (Wildman–Crippen MR) is 87.7 cm³/mol. The van der Waals surface area contributed by atoms with Crippen molar-refractivity contribution in [3.63, 3.8) is 0 Å². The van der Waals surface area contributed by atoms with E-state index >= 15 is 0 Å². The topological polar surface area (TPSA) is 53.1 Å². The van der Waals surface area contributed by atoms with Crippen molar-refractivity contribution in [2.45, 2.75) is 0 Å². The van der Waals surface area contributed by atoms with Gasteiger partial charge in [0.25, 0.3) is 0 Å². The third-order valence-corrected chi connectivity index (χ3v) is 3.98. The average molecular weight is 344 g/mol. The fourth-order valence-corrected chi connectivity index (χ4v) is 2.71. The van der Waals surface area contributed by atoms with E-state index in [9.17, 15) is 0 Å². The number of benzene rings is 2. The first-order valence-corrected chi connectivity index (χ1v) is 7.21. The molecule has 0 saturated carbocycles. The van der Waals surface area contributed by atoms with E-state index in [1.54, 1.807) is 13.4 Å². The van der Waals surface area contributed by atoms with Gasteiger partial charge in [0.1, 0.15) is 5.75 Å². The highest BCUT2D eigenvalue weighted by Crippen LogP contribution is 2.31. The maximum absolute atomic E-state index is 5.87. The van der Waals surface area contributed by atoms with Gasteiger partial charge >= 0.3 is 0 Å². The highest BCUT2D eigenvalue weighted by atomic mass is 79.9. The molecule has 3 rings (SSSR count). The summed E-state index contributed by atoms with van der Waals surface area (Å²) in [5.74, 6) is 0.652. The highest BCUT2D eigenvalue weighted by molar-refractivity contribution is 9.10. The molecule has 3 aromatic rings. The van der Waals surface area contributed by atoms with E-state index in [4.69, 9.17) is 10.5 Å². The summed E-state index contributed by atoms with van der Waals surface area (Å²) < 4.78 is 8.31. The second-order valence-electron chi connectivity index (χ2n) is 4.55. The molecule has 0 aliphatic carbocycles. The Bertz CT molecular complexity index is 783. The zero-order valence-electron chi connectivity index (χ0n) is 11.5. The quantitative estimate of drug-likeness (QED) is 0.734. The molecule has 1 aromatic heterocycles. The SMILES string of the molecule is COc1cc(-n2cncc2-c2ccccc2Br)ccc1N. The third-order valence-electron chi connectivity index (χ3n) is 3.28. The Morgan fingerprint density at radius 3 is 2.76 bits per heavy atom. The minimum Gasteiger partial charge on any atom is -0.495 e. The standard InChI is InChI=1S/C16H14BrN3O/c1-21-16-8-11(6-7-14(16)18)20-10-19-9-15(20)12-4-2-3-5-13(12)17/h2-10H,18H2,1H3. The molecule has 0 fully saturated rings. The van der Waals surface area contributed by atoms with Crippen LogP contribution in [0.3, 0.4) is 0 Å². The Morgan fingerprint density at radius 1 is 1.19 bits per heavy atom. The lowest BCUT2D eigenvalue weighted by molar-refractivity contribution is 0.417. The minimum absolute atomic E-state index is 0.615. The Morgan fingerprint density at radius 2 is 2.00 bits per heavy atom. The van der Waals surface area contributed by atoms with Gasteiger partial charge in [0, 0.05) is 16.1 Å². The molecule has 0 atom stereocenters. The van der Waals surface area contributed by atoms with Crippen LogP contribution >= 0.6 is 15.9 Å². The average Bonchev–Trinajstić information content (AvgIpc) is 2.97. The summed E-state index contributed by atoms with van der Waals surface area (Å²) in [7, 11) is 1.61. The van der Waals surface area contributed by atoms with E-state index in [-0.39, 0.29) is 0 Å². The monoisotopic (exact) mass is 343 g/mol. The van der Waals surface area contributed by atoms with Crippen LogP contribution < -0.4 is 10.5 Å². The molecular weight excluding hydrogens is 330 g/mol. The van der Waals surface area contributed by atoms with E-state index in [1.807, 2.05) is 53.2 Å². The number of hydrogen-bond donors (Lipinski definition) is 1. The van der Waals surface area contributed by atoms with Crippen molar-refractivity contribution < 1.29 is 4.74 Å². The zero-order valence-corrected chi connectivity index (χ0v) is 13.0. The summed E-state index contributed by atoms with van der Waals surface area (Å²) >= 11 is 3.58. The molecule has 106 valence electrons. The molecule has 2 aromatic carbocycles. The van der Waals surface area contributed by atoms with Gasteiger partial charge in [-0.2, -0.15) is 0 Å². The summed E-state index contributed by atoms with van der Waals surface area (Å²) in [5, 5.41) is 0. The molecule has 0 spiro atoms. The zero-order chi connectivity index (χ0) is 14.8. The molecule has 0 aliphatic rings. The first-order chi connectivity index (χ1) is 10.2. The second kappa shape index (κ2) is 5.61. The van der Waals surface area contributed by atoms with Crippen LogP contribution in [0.4, 0.5) is 5.69 Å². The molecule has 0 unspecified atom stereocenters. The Labute approximate surface area is 131 Å². The number of halogens is 1. The Hall–Kier alpha value is -2.27. The first kappa shape index (κ1) is 13.7. The molecule has 0 amide bonds. The minimum atomic E-state index is 0.615. The lowest BCUT2D eigenvalue weighted by atomic mass is 10.1. The van der Waals surface area contributed by atoms with E-state index < -0.39 is 0 Å². The lowest BCUT2D eigenvalue weighted by Gasteiger charge is -2.12. The van der Waals surface area contributed by atoms with E-state index in [0.29, 0.717) is 11.4 Å². The van der Waals surface area contributed by atoms with Crippen LogP contribution in [-0.4, -0.2) is 16.7 Å². The normalized spacial score (nSPS) is 10.6. The maximum Gasteiger partial charge on any atom is 0.143 e. The number of nitrogens with two attached hydrogens (primary N) is 1. The van der Waals surface area contributed by atoms with Crippen LogP contribution in [0.2, 0.25) is 0 Å². The molecule has 0 aliphatic heterocycles. The third kappa shape index (κ3) is 2.52. The highest BCUT2D eigenvalue weighted by Gasteiger charge is 2.11. The van der Waals surface area contributed by atoms with Crippen LogP contribution in [0.1, 0.15) is 0 Å². The second-order valence-corrected chi connectivity index (χ2v) is 5.41. The van der Waals surface area contributed by atoms with Gasteiger partial charge in [0.05, 0.1) is 36.7 Å². The molecule has 0 saturated heterocycles. The molecule has 1 heterocycles. The van der Waals surface area contributed by atoms with Crippen molar-refractivity contribution in [3.05, 3.63) is 59.5 Å². The number of rotatable bonds is 3. The molecule has 0 bridgehead atoms. The van der Waals surface area contributed by atoms with Crippen molar-refractivity contribution in [1.29, 1.82) is 0 Å². The smallest absolute Gasteiger partial charge is 0.143 e. The van der Waals surface area contributed by atoms with Crippen LogP contribution in [0.25, 0.3) is 16.9 Å². The van der Waals surface area contributed by atoms with Gasteiger partial charge in [-0.15, -0.1) is 0 Å². The molecule has 5 heteroatoms. The van der Waals surface area contributed by atoms with Crippen LogP contribution in [0.5, 0.6) is 5.75 Å².